The van der Waals surface area contributed by atoms with E-state index < -0.39 is 10.0 Å². The van der Waals surface area contributed by atoms with Crippen LogP contribution in [0.25, 0.3) is 0 Å². The second-order valence-electron chi connectivity index (χ2n) is 6.57. The minimum Gasteiger partial charge on any atom is -0.352 e. The van der Waals surface area contributed by atoms with Gasteiger partial charge in [-0.1, -0.05) is 54.6 Å². The van der Waals surface area contributed by atoms with Crippen LogP contribution in [0.3, 0.4) is 0 Å². The molecule has 8 heteroatoms. The summed E-state index contributed by atoms with van der Waals surface area (Å²) in [4.78, 5) is 4.23. The number of rotatable bonds is 8. The summed E-state index contributed by atoms with van der Waals surface area (Å²) >= 11 is 0. The Balaban J connectivity index is 0.00000392. The van der Waals surface area contributed by atoms with E-state index in [1.165, 1.54) is 0 Å². The van der Waals surface area contributed by atoms with Crippen LogP contribution in [-0.2, 0) is 28.9 Å². The Kier molecular flexibility index (Phi) is 10.5. The molecule has 0 aliphatic heterocycles. The monoisotopic (exact) mass is 516 g/mol. The molecule has 0 aliphatic carbocycles. The van der Waals surface area contributed by atoms with E-state index in [-0.39, 0.29) is 35.8 Å². The van der Waals surface area contributed by atoms with Crippen molar-refractivity contribution in [3.8, 4) is 0 Å². The number of aliphatic imine (C=N–C) groups is 1. The van der Waals surface area contributed by atoms with Gasteiger partial charge in [0.15, 0.2) is 5.96 Å². The van der Waals surface area contributed by atoms with E-state index in [2.05, 4.69) is 20.3 Å². The predicted octanol–water partition coefficient (Wildman–Crippen LogP) is 3.00. The summed E-state index contributed by atoms with van der Waals surface area (Å²) in [5.41, 5.74) is 2.86. The van der Waals surface area contributed by atoms with Crippen molar-refractivity contribution in [2.24, 2.45) is 4.99 Å². The van der Waals surface area contributed by atoms with Gasteiger partial charge in [0.1, 0.15) is 0 Å². The second-order valence-corrected chi connectivity index (χ2v) is 8.32. The second kappa shape index (κ2) is 12.0. The van der Waals surface area contributed by atoms with Crippen molar-refractivity contribution in [1.82, 2.24) is 15.4 Å². The van der Waals surface area contributed by atoms with Crippen LogP contribution in [0.15, 0.2) is 59.6 Å². The van der Waals surface area contributed by atoms with Gasteiger partial charge in [0.25, 0.3) is 0 Å². The average Bonchev–Trinajstić information content (AvgIpc) is 2.62. The van der Waals surface area contributed by atoms with E-state index in [9.17, 15) is 8.42 Å². The van der Waals surface area contributed by atoms with Crippen molar-refractivity contribution in [2.45, 2.75) is 38.7 Å². The summed E-state index contributed by atoms with van der Waals surface area (Å²) in [5.74, 6) is 0.621. The van der Waals surface area contributed by atoms with Crippen LogP contribution < -0.4 is 15.4 Å². The lowest BCUT2D eigenvalue weighted by Gasteiger charge is -2.15. The zero-order chi connectivity index (χ0) is 19.7. The Hall–Kier alpha value is -1.65. The molecule has 0 atom stereocenters. The maximum atomic E-state index is 12.2. The maximum Gasteiger partial charge on any atom is 0.216 e. The number of guanidine groups is 1. The fourth-order valence-electron chi connectivity index (χ4n) is 2.66. The molecule has 2 rings (SSSR count). The van der Waals surface area contributed by atoms with Gasteiger partial charge in [0, 0.05) is 26.2 Å². The molecule has 0 spiro atoms. The standard InChI is InChI=1S/C20H28N4O2S.HI/c1-16(2)24-27(25,26)15-19-12-8-7-11-18(19)14-23-20(21-3)22-13-17-9-5-4-6-10-17;/h4-12,16,24H,13-15H2,1-3H3,(H2,21,22,23);1H. The first kappa shape index (κ1) is 24.4. The average molecular weight is 516 g/mol. The van der Waals surface area contributed by atoms with Gasteiger partial charge < -0.3 is 10.6 Å². The number of benzene rings is 2. The van der Waals surface area contributed by atoms with Gasteiger partial charge in [-0.05, 0) is 30.5 Å². The van der Waals surface area contributed by atoms with E-state index >= 15 is 0 Å². The molecule has 2 aromatic rings. The van der Waals surface area contributed by atoms with Crippen molar-refractivity contribution in [2.75, 3.05) is 7.05 Å². The van der Waals surface area contributed by atoms with Gasteiger partial charge in [0.2, 0.25) is 10.0 Å². The van der Waals surface area contributed by atoms with Gasteiger partial charge in [-0.2, -0.15) is 0 Å². The Labute approximate surface area is 185 Å². The van der Waals surface area contributed by atoms with Crippen LogP contribution in [0.2, 0.25) is 0 Å². The fourth-order valence-corrected chi connectivity index (χ4v) is 4.15. The predicted molar refractivity (Wildman–Crippen MR) is 126 cm³/mol. The summed E-state index contributed by atoms with van der Waals surface area (Å²) in [5, 5.41) is 6.50. The van der Waals surface area contributed by atoms with E-state index in [1.807, 2.05) is 68.4 Å². The first-order valence-electron chi connectivity index (χ1n) is 8.95. The lowest BCUT2D eigenvalue weighted by Crippen LogP contribution is -2.36. The minimum absolute atomic E-state index is 0. The van der Waals surface area contributed by atoms with E-state index in [0.717, 1.165) is 16.7 Å². The highest BCUT2D eigenvalue weighted by molar-refractivity contribution is 14.0. The van der Waals surface area contributed by atoms with E-state index in [1.54, 1.807) is 7.05 Å². The number of hydrogen-bond donors (Lipinski definition) is 3. The van der Waals surface area contributed by atoms with Crippen molar-refractivity contribution in [1.29, 1.82) is 0 Å². The highest BCUT2D eigenvalue weighted by atomic mass is 127. The first-order chi connectivity index (χ1) is 12.9. The van der Waals surface area contributed by atoms with Gasteiger partial charge in [-0.25, -0.2) is 13.1 Å². The van der Waals surface area contributed by atoms with Crippen molar-refractivity contribution in [3.63, 3.8) is 0 Å². The molecule has 6 nitrogen and oxygen atoms in total. The fraction of sp³-hybridized carbons (Fsp3) is 0.350. The lowest BCUT2D eigenvalue weighted by molar-refractivity contribution is 0.568. The summed E-state index contributed by atoms with van der Waals surface area (Å²) in [6.45, 7) is 4.78. The number of sulfonamides is 1. The minimum atomic E-state index is -3.37. The largest absolute Gasteiger partial charge is 0.352 e. The molecular weight excluding hydrogens is 487 g/mol. The molecule has 154 valence electrons. The molecule has 0 aliphatic rings. The zero-order valence-electron chi connectivity index (χ0n) is 16.5. The molecule has 0 saturated heterocycles. The maximum absolute atomic E-state index is 12.2. The SMILES string of the molecule is CN=C(NCc1ccccc1)NCc1ccccc1CS(=O)(=O)NC(C)C.I. The Morgan fingerprint density at radius 3 is 2.11 bits per heavy atom. The Morgan fingerprint density at radius 1 is 0.929 bits per heavy atom. The number of nitrogens with zero attached hydrogens (tertiary/aromatic N) is 1. The number of halogens is 1. The summed E-state index contributed by atoms with van der Waals surface area (Å²) in [6, 6.07) is 17.5. The van der Waals surface area contributed by atoms with Gasteiger partial charge in [-0.15, -0.1) is 24.0 Å². The normalized spacial score (nSPS) is 11.8. The lowest BCUT2D eigenvalue weighted by atomic mass is 10.1. The zero-order valence-corrected chi connectivity index (χ0v) is 19.6. The van der Waals surface area contributed by atoms with Crippen LogP contribution >= 0.6 is 24.0 Å². The molecule has 0 heterocycles. The third kappa shape index (κ3) is 8.57. The van der Waals surface area contributed by atoms with Crippen LogP contribution in [0.1, 0.15) is 30.5 Å². The number of nitrogens with one attached hydrogen (secondary N) is 3. The number of hydrogen-bond acceptors (Lipinski definition) is 3. The van der Waals surface area contributed by atoms with Crippen molar-refractivity contribution in [3.05, 3.63) is 71.3 Å². The van der Waals surface area contributed by atoms with Crippen LogP contribution in [-0.4, -0.2) is 27.5 Å². The molecule has 0 saturated carbocycles. The van der Waals surface area contributed by atoms with Crippen LogP contribution in [0.4, 0.5) is 0 Å². The smallest absolute Gasteiger partial charge is 0.216 e. The Morgan fingerprint density at radius 2 is 1.50 bits per heavy atom. The van der Waals surface area contributed by atoms with Crippen LogP contribution in [0, 0.1) is 0 Å². The van der Waals surface area contributed by atoms with Gasteiger partial charge >= 0.3 is 0 Å². The molecule has 0 fully saturated rings. The molecule has 2 aromatic carbocycles. The topological polar surface area (TPSA) is 82.6 Å². The molecule has 0 amide bonds. The van der Waals surface area contributed by atoms with E-state index in [0.29, 0.717) is 19.0 Å². The molecule has 3 N–H and O–H groups in total. The Bertz CT molecular complexity index is 856. The third-order valence-electron chi connectivity index (χ3n) is 3.85. The highest BCUT2D eigenvalue weighted by Gasteiger charge is 2.15. The molecule has 0 unspecified atom stereocenters. The molecular formula is C20H29IN4O2S. The van der Waals surface area contributed by atoms with Gasteiger partial charge in [-0.3, -0.25) is 4.99 Å². The molecule has 0 bridgehead atoms. The summed E-state index contributed by atoms with van der Waals surface area (Å²) in [7, 11) is -1.66. The van der Waals surface area contributed by atoms with Crippen molar-refractivity contribution >= 4 is 40.0 Å². The highest BCUT2D eigenvalue weighted by Crippen LogP contribution is 2.12. The molecule has 28 heavy (non-hydrogen) atoms. The summed E-state index contributed by atoms with van der Waals surface area (Å²) in [6.07, 6.45) is 0. The van der Waals surface area contributed by atoms with Crippen LogP contribution in [0.5, 0.6) is 0 Å². The molecule has 0 aromatic heterocycles. The first-order valence-corrected chi connectivity index (χ1v) is 10.6. The third-order valence-corrected chi connectivity index (χ3v) is 5.37. The summed E-state index contributed by atoms with van der Waals surface area (Å²) < 4.78 is 27.1. The van der Waals surface area contributed by atoms with Crippen molar-refractivity contribution < 1.29 is 8.42 Å². The van der Waals surface area contributed by atoms with Gasteiger partial charge in [0.05, 0.1) is 5.75 Å². The molecule has 0 radical (unpaired) electrons. The van der Waals surface area contributed by atoms with E-state index in [4.69, 9.17) is 0 Å². The quantitative estimate of drug-likeness (QED) is 0.286.